The smallest absolute Gasteiger partial charge is 0.289 e. The number of nitrogens with zero attached hydrogens (tertiary/aromatic N) is 4. The molecule has 39 heavy (non-hydrogen) atoms. The number of carbonyl (C=O) groups excluding carboxylic acids is 2. The average Bonchev–Trinajstić information content (AvgIpc) is 3.62. The number of sulfonamides is 1. The molecule has 5 rings (SSSR count). The second kappa shape index (κ2) is 11.1. The molecule has 2 amide bonds. The fourth-order valence-electron chi connectivity index (χ4n) is 4.99. The van der Waals surface area contributed by atoms with Gasteiger partial charge in [0.1, 0.15) is 11.5 Å². The number of piperidine rings is 1. The number of rotatable bonds is 6. The van der Waals surface area contributed by atoms with E-state index in [0.29, 0.717) is 44.6 Å². The number of hydrogen-bond donors (Lipinski definition) is 0. The molecule has 0 saturated carbocycles. The summed E-state index contributed by atoms with van der Waals surface area (Å²) < 4.78 is 52.8. The Bertz CT molecular complexity index is 1470. The van der Waals surface area contributed by atoms with E-state index < -0.39 is 15.8 Å². The first kappa shape index (κ1) is 26.8. The molecular weight excluding hydrogens is 527 g/mol. The molecule has 2 fully saturated rings. The zero-order valence-corrected chi connectivity index (χ0v) is 22.3. The minimum atomic E-state index is -3.95. The maximum atomic E-state index is 14.0. The average molecular weight is 557 g/mol. The largest absolute Gasteiger partial charge is 0.459 e. The number of benzene rings is 1. The Hall–Kier alpha value is -3.77. The lowest BCUT2D eigenvalue weighted by atomic mass is 9.96. The van der Waals surface area contributed by atoms with Crippen LogP contribution in [0.25, 0.3) is 12.2 Å². The molecule has 2 aromatic heterocycles. The number of aromatic nitrogens is 1. The topological polar surface area (TPSA) is 117 Å². The Morgan fingerprint density at radius 1 is 0.974 bits per heavy atom. The van der Waals surface area contributed by atoms with E-state index >= 15 is 0 Å². The first-order valence-corrected chi connectivity index (χ1v) is 14.2. The highest BCUT2D eigenvalue weighted by Crippen LogP contribution is 2.30. The highest BCUT2D eigenvalue weighted by molar-refractivity contribution is 7.89. The van der Waals surface area contributed by atoms with Gasteiger partial charge in [0, 0.05) is 50.7 Å². The molecule has 0 atom stereocenters. The van der Waals surface area contributed by atoms with Crippen LogP contribution in [0.3, 0.4) is 0 Å². The van der Waals surface area contributed by atoms with Crippen molar-refractivity contribution in [3.63, 3.8) is 0 Å². The van der Waals surface area contributed by atoms with Gasteiger partial charge < -0.3 is 18.7 Å². The van der Waals surface area contributed by atoms with E-state index in [2.05, 4.69) is 5.16 Å². The molecule has 0 bridgehead atoms. The molecular formula is C27H29FN4O6S. The molecule has 10 nitrogen and oxygen atoms in total. The van der Waals surface area contributed by atoms with Gasteiger partial charge in [0.15, 0.2) is 16.4 Å². The van der Waals surface area contributed by atoms with Crippen molar-refractivity contribution in [2.75, 3.05) is 39.3 Å². The maximum Gasteiger partial charge on any atom is 0.289 e. The van der Waals surface area contributed by atoms with Gasteiger partial charge in [-0.15, -0.1) is 0 Å². The molecule has 12 heteroatoms. The van der Waals surface area contributed by atoms with Crippen LogP contribution >= 0.6 is 0 Å². The van der Waals surface area contributed by atoms with Crippen molar-refractivity contribution in [1.29, 1.82) is 0 Å². The lowest BCUT2D eigenvalue weighted by Crippen LogP contribution is -2.53. The number of piperazine rings is 1. The predicted octanol–water partition coefficient (Wildman–Crippen LogP) is 3.27. The Kier molecular flexibility index (Phi) is 7.67. The Morgan fingerprint density at radius 3 is 2.33 bits per heavy atom. The third kappa shape index (κ3) is 5.52. The van der Waals surface area contributed by atoms with E-state index in [1.807, 2.05) is 0 Å². The van der Waals surface area contributed by atoms with Crippen molar-refractivity contribution in [1.82, 2.24) is 19.3 Å². The molecule has 2 aliphatic rings. The Labute approximate surface area is 225 Å². The van der Waals surface area contributed by atoms with E-state index in [9.17, 15) is 22.4 Å². The first-order chi connectivity index (χ1) is 18.8. The summed E-state index contributed by atoms with van der Waals surface area (Å²) in [5.41, 5.74) is 0.503. The van der Waals surface area contributed by atoms with Gasteiger partial charge in [-0.2, -0.15) is 4.31 Å². The van der Waals surface area contributed by atoms with Gasteiger partial charge >= 0.3 is 0 Å². The third-order valence-corrected chi connectivity index (χ3v) is 9.22. The number of furan rings is 1. The molecule has 1 aromatic carbocycles. The van der Waals surface area contributed by atoms with Crippen molar-refractivity contribution in [2.24, 2.45) is 5.92 Å². The fraction of sp³-hybridized carbons (Fsp3) is 0.370. The number of aryl methyl sites for hydroxylation is 1. The van der Waals surface area contributed by atoms with Crippen LogP contribution in [0.5, 0.6) is 0 Å². The molecule has 0 aliphatic carbocycles. The summed E-state index contributed by atoms with van der Waals surface area (Å²) in [7, 11) is -3.95. The molecule has 2 aliphatic heterocycles. The first-order valence-electron chi connectivity index (χ1n) is 12.8. The van der Waals surface area contributed by atoms with Crippen molar-refractivity contribution >= 4 is 34.0 Å². The fourth-order valence-corrected chi connectivity index (χ4v) is 6.71. The minimum Gasteiger partial charge on any atom is -0.459 e. The number of carbonyl (C=O) groups is 2. The number of amides is 2. The van der Waals surface area contributed by atoms with Crippen LogP contribution in [-0.4, -0.2) is 78.8 Å². The lowest BCUT2D eigenvalue weighted by Gasteiger charge is -2.38. The summed E-state index contributed by atoms with van der Waals surface area (Å²) in [6.45, 7) is 3.56. The molecule has 3 aromatic rings. The summed E-state index contributed by atoms with van der Waals surface area (Å²) >= 11 is 0. The summed E-state index contributed by atoms with van der Waals surface area (Å²) in [5.74, 6) is -0.655. The van der Waals surface area contributed by atoms with E-state index in [0.717, 1.165) is 0 Å². The van der Waals surface area contributed by atoms with E-state index in [-0.39, 0.29) is 52.9 Å². The van der Waals surface area contributed by atoms with Crippen molar-refractivity contribution in [3.05, 3.63) is 71.3 Å². The van der Waals surface area contributed by atoms with Gasteiger partial charge in [0.25, 0.3) is 5.91 Å². The summed E-state index contributed by atoms with van der Waals surface area (Å²) in [5, 5.41) is 3.83. The van der Waals surface area contributed by atoms with Crippen molar-refractivity contribution < 1.29 is 31.3 Å². The molecule has 0 radical (unpaired) electrons. The van der Waals surface area contributed by atoms with Crippen LogP contribution < -0.4 is 0 Å². The maximum absolute atomic E-state index is 14.0. The van der Waals surface area contributed by atoms with Gasteiger partial charge in [-0.3, -0.25) is 9.59 Å². The Balaban J connectivity index is 1.20. The van der Waals surface area contributed by atoms with Crippen molar-refractivity contribution in [2.45, 2.75) is 24.7 Å². The second-order valence-corrected chi connectivity index (χ2v) is 11.5. The van der Waals surface area contributed by atoms with E-state index in [1.165, 1.54) is 28.8 Å². The normalized spacial score (nSPS) is 17.7. The van der Waals surface area contributed by atoms with Crippen LogP contribution in [0.4, 0.5) is 4.39 Å². The molecule has 4 heterocycles. The summed E-state index contributed by atoms with van der Waals surface area (Å²) in [4.78, 5) is 29.0. The van der Waals surface area contributed by atoms with Crippen molar-refractivity contribution in [3.8, 4) is 0 Å². The molecule has 0 unspecified atom stereocenters. The van der Waals surface area contributed by atoms with Crippen LogP contribution in [0, 0.1) is 18.7 Å². The monoisotopic (exact) mass is 556 g/mol. The highest BCUT2D eigenvalue weighted by Gasteiger charge is 2.37. The Morgan fingerprint density at radius 2 is 1.67 bits per heavy atom. The number of hydrogen-bond acceptors (Lipinski definition) is 7. The summed E-state index contributed by atoms with van der Waals surface area (Å²) in [6.07, 6.45) is 5.06. The quantitative estimate of drug-likeness (QED) is 0.457. The van der Waals surface area contributed by atoms with Crippen LogP contribution in [0.15, 0.2) is 56.5 Å². The molecule has 2 saturated heterocycles. The molecule has 0 spiro atoms. The summed E-state index contributed by atoms with van der Waals surface area (Å²) in [6, 6.07) is 9.41. The minimum absolute atomic E-state index is 0.0215. The second-order valence-electron chi connectivity index (χ2n) is 9.59. The van der Waals surface area contributed by atoms with Gasteiger partial charge in [-0.25, -0.2) is 12.8 Å². The standard InChI is InChI=1S/C27H29FN4O6S/c1-19-25(23(38-29-19)9-8-20-5-2-3-6-22(20)28)39(35,36)32-12-10-21(11-13-32)26(33)30-14-16-31(17-15-30)27(34)24-7-4-18-37-24/h2-9,18,21H,10-17H2,1H3/b9-8+. The van der Waals surface area contributed by atoms with Gasteiger partial charge in [0.05, 0.1) is 6.26 Å². The van der Waals surface area contributed by atoms with Gasteiger partial charge in [0.2, 0.25) is 15.9 Å². The van der Waals surface area contributed by atoms with E-state index in [4.69, 9.17) is 8.94 Å². The predicted molar refractivity (Wildman–Crippen MR) is 139 cm³/mol. The zero-order valence-electron chi connectivity index (χ0n) is 21.5. The number of halogens is 1. The van der Waals surface area contributed by atoms with Crippen LogP contribution in [0.1, 0.15) is 40.4 Å². The van der Waals surface area contributed by atoms with Crippen LogP contribution in [0.2, 0.25) is 0 Å². The van der Waals surface area contributed by atoms with E-state index in [1.54, 1.807) is 47.1 Å². The SMILES string of the molecule is Cc1noc(/C=C/c2ccccc2F)c1S(=O)(=O)N1CCC(C(=O)N2CCN(C(=O)c3ccco3)CC2)CC1. The molecule has 206 valence electrons. The van der Waals surface area contributed by atoms with Crippen LogP contribution in [-0.2, 0) is 14.8 Å². The third-order valence-electron chi connectivity index (χ3n) is 7.16. The molecule has 0 N–H and O–H groups in total. The van der Waals surface area contributed by atoms with Gasteiger partial charge in [-0.05, 0) is 50.1 Å². The highest BCUT2D eigenvalue weighted by atomic mass is 32.2. The van der Waals surface area contributed by atoms with Gasteiger partial charge in [-0.1, -0.05) is 23.4 Å². The zero-order chi connectivity index (χ0) is 27.6. The lowest BCUT2D eigenvalue weighted by molar-refractivity contribution is -0.138.